The lowest BCUT2D eigenvalue weighted by atomic mass is 9.87. The van der Waals surface area contributed by atoms with Crippen LogP contribution in [0.15, 0.2) is 24.3 Å². The van der Waals surface area contributed by atoms with E-state index in [0.29, 0.717) is 6.61 Å². The largest absolute Gasteiger partial charge is 0.494 e. The van der Waals surface area contributed by atoms with Gasteiger partial charge in [0.05, 0.1) is 6.61 Å². The van der Waals surface area contributed by atoms with Gasteiger partial charge in [0.25, 0.3) is 0 Å². The molecule has 2 nitrogen and oxygen atoms in total. The Labute approximate surface area is 98.8 Å². The molecule has 0 aliphatic heterocycles. The van der Waals surface area contributed by atoms with Crippen molar-refractivity contribution in [2.45, 2.75) is 45.6 Å². The number of benzene rings is 1. The van der Waals surface area contributed by atoms with E-state index in [9.17, 15) is 0 Å². The summed E-state index contributed by atoms with van der Waals surface area (Å²) in [6.07, 6.45) is 0.889. The number of rotatable bonds is 4. The third-order valence-electron chi connectivity index (χ3n) is 2.54. The van der Waals surface area contributed by atoms with Gasteiger partial charge in [0, 0.05) is 6.04 Å². The lowest BCUT2D eigenvalue weighted by Gasteiger charge is -2.19. The SMILES string of the molecule is CC(N)CCOc1cccc(C(C)(C)C)c1. The molecule has 0 aliphatic rings. The molecule has 0 saturated heterocycles. The number of ether oxygens (including phenoxy) is 1. The second-order valence-corrected chi connectivity index (χ2v) is 5.39. The molecule has 0 aliphatic carbocycles. The van der Waals surface area contributed by atoms with Gasteiger partial charge in [0.15, 0.2) is 0 Å². The van der Waals surface area contributed by atoms with Crippen LogP contribution >= 0.6 is 0 Å². The maximum absolute atomic E-state index is 5.68. The molecule has 1 aromatic rings. The normalized spacial score (nSPS) is 13.6. The van der Waals surface area contributed by atoms with E-state index in [-0.39, 0.29) is 11.5 Å². The Bertz CT molecular complexity index is 326. The number of nitrogens with two attached hydrogens (primary N) is 1. The van der Waals surface area contributed by atoms with Crippen LogP contribution < -0.4 is 10.5 Å². The minimum atomic E-state index is 0.167. The maximum atomic E-state index is 5.68. The molecule has 0 spiro atoms. The van der Waals surface area contributed by atoms with Crippen molar-refractivity contribution < 1.29 is 4.74 Å². The lowest BCUT2D eigenvalue weighted by Crippen LogP contribution is -2.18. The topological polar surface area (TPSA) is 35.2 Å². The highest BCUT2D eigenvalue weighted by atomic mass is 16.5. The molecule has 1 aromatic carbocycles. The summed E-state index contributed by atoms with van der Waals surface area (Å²) < 4.78 is 5.67. The predicted molar refractivity (Wildman–Crippen MR) is 68.9 cm³/mol. The van der Waals surface area contributed by atoms with Gasteiger partial charge in [-0.1, -0.05) is 32.9 Å². The van der Waals surface area contributed by atoms with Crippen LogP contribution in [0.4, 0.5) is 0 Å². The van der Waals surface area contributed by atoms with Gasteiger partial charge in [0.2, 0.25) is 0 Å². The quantitative estimate of drug-likeness (QED) is 0.848. The second kappa shape index (κ2) is 5.35. The molecule has 0 fully saturated rings. The van der Waals surface area contributed by atoms with Crippen molar-refractivity contribution in [3.63, 3.8) is 0 Å². The summed E-state index contributed by atoms with van der Waals surface area (Å²) in [7, 11) is 0. The van der Waals surface area contributed by atoms with E-state index in [1.54, 1.807) is 0 Å². The van der Waals surface area contributed by atoms with Crippen LogP contribution in [0, 0.1) is 0 Å². The Morgan fingerprint density at radius 3 is 2.56 bits per heavy atom. The van der Waals surface area contributed by atoms with Crippen LogP contribution in [0.25, 0.3) is 0 Å². The first-order chi connectivity index (χ1) is 7.39. The number of hydrogen-bond donors (Lipinski definition) is 1. The molecule has 2 N–H and O–H groups in total. The molecule has 1 rings (SSSR count). The van der Waals surface area contributed by atoms with Gasteiger partial charge in [-0.15, -0.1) is 0 Å². The molecular formula is C14H23NO. The van der Waals surface area contributed by atoms with E-state index >= 15 is 0 Å². The van der Waals surface area contributed by atoms with E-state index < -0.39 is 0 Å². The van der Waals surface area contributed by atoms with E-state index in [2.05, 4.69) is 32.9 Å². The van der Waals surface area contributed by atoms with Crippen molar-refractivity contribution in [3.8, 4) is 5.75 Å². The lowest BCUT2D eigenvalue weighted by molar-refractivity contribution is 0.300. The molecule has 1 unspecified atom stereocenters. The zero-order valence-corrected chi connectivity index (χ0v) is 10.8. The van der Waals surface area contributed by atoms with Gasteiger partial charge < -0.3 is 10.5 Å². The molecule has 90 valence electrons. The highest BCUT2D eigenvalue weighted by Gasteiger charge is 2.13. The van der Waals surface area contributed by atoms with Gasteiger partial charge in [-0.2, -0.15) is 0 Å². The summed E-state index contributed by atoms with van der Waals surface area (Å²) in [6.45, 7) is 9.29. The van der Waals surface area contributed by atoms with Crippen molar-refractivity contribution in [2.75, 3.05) is 6.61 Å². The van der Waals surface area contributed by atoms with Crippen molar-refractivity contribution >= 4 is 0 Å². The fourth-order valence-corrected chi connectivity index (χ4v) is 1.42. The molecule has 1 atom stereocenters. The average molecular weight is 221 g/mol. The summed E-state index contributed by atoms with van der Waals surface area (Å²) in [5.41, 5.74) is 7.14. The highest BCUT2D eigenvalue weighted by molar-refractivity contribution is 5.32. The van der Waals surface area contributed by atoms with Crippen LogP contribution in [-0.4, -0.2) is 12.6 Å². The average Bonchev–Trinajstić information content (AvgIpc) is 2.16. The number of hydrogen-bond acceptors (Lipinski definition) is 2. The van der Waals surface area contributed by atoms with Crippen molar-refractivity contribution in [1.82, 2.24) is 0 Å². The third-order valence-corrected chi connectivity index (χ3v) is 2.54. The summed E-state index contributed by atoms with van der Waals surface area (Å²) in [4.78, 5) is 0. The van der Waals surface area contributed by atoms with E-state index in [1.165, 1.54) is 5.56 Å². The fraction of sp³-hybridized carbons (Fsp3) is 0.571. The zero-order chi connectivity index (χ0) is 12.2. The predicted octanol–water partition coefficient (Wildman–Crippen LogP) is 3.10. The summed E-state index contributed by atoms with van der Waals surface area (Å²) >= 11 is 0. The van der Waals surface area contributed by atoms with E-state index in [4.69, 9.17) is 10.5 Å². The minimum absolute atomic E-state index is 0.167. The van der Waals surface area contributed by atoms with Crippen LogP contribution in [0.1, 0.15) is 39.7 Å². The third kappa shape index (κ3) is 4.23. The zero-order valence-electron chi connectivity index (χ0n) is 10.8. The molecule has 16 heavy (non-hydrogen) atoms. The van der Waals surface area contributed by atoms with Gasteiger partial charge in [-0.05, 0) is 36.5 Å². The first-order valence-corrected chi connectivity index (χ1v) is 5.88. The van der Waals surface area contributed by atoms with E-state index in [0.717, 1.165) is 12.2 Å². The second-order valence-electron chi connectivity index (χ2n) is 5.39. The Morgan fingerprint density at radius 1 is 1.31 bits per heavy atom. The van der Waals surface area contributed by atoms with Crippen LogP contribution in [-0.2, 0) is 5.41 Å². The smallest absolute Gasteiger partial charge is 0.119 e. The fourth-order valence-electron chi connectivity index (χ4n) is 1.42. The Hall–Kier alpha value is -1.02. The van der Waals surface area contributed by atoms with Gasteiger partial charge >= 0.3 is 0 Å². The van der Waals surface area contributed by atoms with Gasteiger partial charge in [0.1, 0.15) is 5.75 Å². The van der Waals surface area contributed by atoms with E-state index in [1.807, 2.05) is 19.1 Å². The molecule has 0 radical (unpaired) electrons. The van der Waals surface area contributed by atoms with Crippen LogP contribution in [0.5, 0.6) is 5.75 Å². The van der Waals surface area contributed by atoms with Crippen molar-refractivity contribution in [1.29, 1.82) is 0 Å². The molecule has 0 heterocycles. The minimum Gasteiger partial charge on any atom is -0.494 e. The van der Waals surface area contributed by atoms with Crippen molar-refractivity contribution in [2.24, 2.45) is 5.73 Å². The molecular weight excluding hydrogens is 198 g/mol. The van der Waals surface area contributed by atoms with Crippen LogP contribution in [0.2, 0.25) is 0 Å². The van der Waals surface area contributed by atoms with Gasteiger partial charge in [-0.25, -0.2) is 0 Å². The first kappa shape index (κ1) is 13.0. The molecule has 0 bridgehead atoms. The highest BCUT2D eigenvalue weighted by Crippen LogP contribution is 2.25. The molecule has 0 amide bonds. The summed E-state index contributed by atoms with van der Waals surface area (Å²) in [5.74, 6) is 0.938. The molecule has 0 aromatic heterocycles. The van der Waals surface area contributed by atoms with Crippen molar-refractivity contribution in [3.05, 3.63) is 29.8 Å². The standard InChI is InChI=1S/C14H23NO/c1-11(15)8-9-16-13-7-5-6-12(10-13)14(2,3)4/h5-7,10-11H,8-9,15H2,1-4H3. The maximum Gasteiger partial charge on any atom is 0.119 e. The van der Waals surface area contributed by atoms with Gasteiger partial charge in [-0.3, -0.25) is 0 Å². The summed E-state index contributed by atoms with van der Waals surface area (Å²) in [5, 5.41) is 0. The molecule has 0 saturated carbocycles. The monoisotopic (exact) mass is 221 g/mol. The first-order valence-electron chi connectivity index (χ1n) is 5.88. The van der Waals surface area contributed by atoms with Crippen LogP contribution in [0.3, 0.4) is 0 Å². The Morgan fingerprint density at radius 2 is 2.00 bits per heavy atom. The Kier molecular flexibility index (Phi) is 4.36. The molecule has 2 heteroatoms. The Balaban J connectivity index is 2.61. The summed E-state index contributed by atoms with van der Waals surface area (Å²) in [6, 6.07) is 8.49.